The van der Waals surface area contributed by atoms with Crippen molar-refractivity contribution in [2.75, 3.05) is 13.2 Å². The number of hydrogen-bond acceptors (Lipinski definition) is 3. The lowest BCUT2D eigenvalue weighted by atomic mass is 10.1. The highest BCUT2D eigenvalue weighted by atomic mass is 35.5. The summed E-state index contributed by atoms with van der Waals surface area (Å²) in [5, 5.41) is 1.88. The minimum atomic E-state index is 0.621. The van der Waals surface area contributed by atoms with E-state index in [0.29, 0.717) is 11.6 Å². The molecule has 0 saturated carbocycles. The normalized spacial score (nSPS) is 14.6. The average Bonchev–Trinajstić information content (AvgIpc) is 3.27. The lowest BCUT2D eigenvalue weighted by molar-refractivity contribution is 0.219. The maximum absolute atomic E-state index is 6.63. The van der Waals surface area contributed by atoms with E-state index in [1.54, 1.807) is 12.5 Å². The summed E-state index contributed by atoms with van der Waals surface area (Å²) in [4.78, 5) is 2.36. The molecule has 142 valence electrons. The van der Waals surface area contributed by atoms with E-state index >= 15 is 0 Å². The average molecular weight is 393 g/mol. The van der Waals surface area contributed by atoms with Gasteiger partial charge in [0.2, 0.25) is 0 Å². The van der Waals surface area contributed by atoms with Crippen LogP contribution in [0, 0.1) is 6.92 Å². The van der Waals surface area contributed by atoms with E-state index in [1.807, 2.05) is 12.1 Å². The minimum absolute atomic E-state index is 0.621. The molecule has 28 heavy (non-hydrogen) atoms. The first-order chi connectivity index (χ1) is 13.7. The molecule has 5 heteroatoms. The largest absolute Gasteiger partial charge is 0.490 e. The highest BCUT2D eigenvalue weighted by Gasteiger charge is 2.20. The molecule has 5 rings (SSSR count). The van der Waals surface area contributed by atoms with Crippen LogP contribution in [-0.2, 0) is 13.1 Å². The van der Waals surface area contributed by atoms with Crippen LogP contribution in [0.2, 0.25) is 5.02 Å². The molecule has 0 bridgehead atoms. The molecule has 1 aliphatic heterocycles. The Morgan fingerprint density at radius 2 is 2.04 bits per heavy atom. The number of ether oxygens (including phenoxy) is 1. The molecule has 0 aliphatic carbocycles. The lowest BCUT2D eigenvalue weighted by Gasteiger charge is -2.19. The predicted molar refractivity (Wildman–Crippen MR) is 111 cm³/mol. The van der Waals surface area contributed by atoms with Crippen molar-refractivity contribution in [1.29, 1.82) is 0 Å². The van der Waals surface area contributed by atoms with E-state index < -0.39 is 0 Å². The molecule has 2 aromatic heterocycles. The Hall–Kier alpha value is -2.69. The fraction of sp³-hybridized carbons (Fsp3) is 0.217. The summed E-state index contributed by atoms with van der Waals surface area (Å²) >= 11 is 6.63. The highest BCUT2D eigenvalue weighted by Crippen LogP contribution is 2.35. The van der Waals surface area contributed by atoms with Gasteiger partial charge in [0.05, 0.1) is 23.1 Å². The van der Waals surface area contributed by atoms with Crippen LogP contribution < -0.4 is 4.74 Å². The molecule has 4 aromatic rings. The number of fused-ring (bicyclic) bond motifs is 2. The Bertz CT molecular complexity index is 1130. The van der Waals surface area contributed by atoms with Crippen LogP contribution >= 0.6 is 11.6 Å². The molecule has 3 heterocycles. The molecule has 0 radical (unpaired) electrons. The molecule has 1 aliphatic rings. The van der Waals surface area contributed by atoms with Crippen molar-refractivity contribution < 1.29 is 9.15 Å². The number of hydrogen-bond donors (Lipinski definition) is 0. The van der Waals surface area contributed by atoms with Gasteiger partial charge in [-0.1, -0.05) is 23.2 Å². The van der Waals surface area contributed by atoms with Crippen molar-refractivity contribution in [3.8, 4) is 11.4 Å². The van der Waals surface area contributed by atoms with Crippen molar-refractivity contribution in [1.82, 2.24) is 9.47 Å². The second-order valence-corrected chi connectivity index (χ2v) is 7.76. The van der Waals surface area contributed by atoms with E-state index in [1.165, 1.54) is 16.5 Å². The molecule has 0 atom stereocenters. The summed E-state index contributed by atoms with van der Waals surface area (Å²) in [6, 6.07) is 14.8. The topological polar surface area (TPSA) is 30.5 Å². The first-order valence-electron chi connectivity index (χ1n) is 9.44. The number of rotatable bonds is 3. The van der Waals surface area contributed by atoms with E-state index in [9.17, 15) is 0 Å². The third kappa shape index (κ3) is 3.19. The van der Waals surface area contributed by atoms with Gasteiger partial charge in [-0.25, -0.2) is 0 Å². The van der Waals surface area contributed by atoms with Crippen molar-refractivity contribution in [2.24, 2.45) is 0 Å². The quantitative estimate of drug-likeness (QED) is 0.456. The molecular weight excluding hydrogens is 372 g/mol. The Balaban J connectivity index is 1.53. The summed E-state index contributed by atoms with van der Waals surface area (Å²) in [7, 11) is 0. The number of furan rings is 1. The van der Waals surface area contributed by atoms with Crippen molar-refractivity contribution in [2.45, 2.75) is 20.0 Å². The zero-order valence-electron chi connectivity index (χ0n) is 15.7. The van der Waals surface area contributed by atoms with Gasteiger partial charge in [0.25, 0.3) is 0 Å². The number of aryl methyl sites for hydroxylation is 1. The third-order valence-electron chi connectivity index (χ3n) is 5.26. The van der Waals surface area contributed by atoms with Crippen LogP contribution in [0.3, 0.4) is 0 Å². The summed E-state index contributed by atoms with van der Waals surface area (Å²) < 4.78 is 13.4. The van der Waals surface area contributed by atoms with Crippen LogP contribution in [-0.4, -0.2) is 22.6 Å². The van der Waals surface area contributed by atoms with Crippen LogP contribution in [0.1, 0.15) is 16.7 Å². The summed E-state index contributed by atoms with van der Waals surface area (Å²) in [5.41, 5.74) is 5.76. The number of nitrogens with zero attached hydrogens (tertiary/aromatic N) is 2. The number of benzene rings is 2. The van der Waals surface area contributed by atoms with E-state index in [4.69, 9.17) is 20.8 Å². The molecule has 2 aromatic carbocycles. The Kier molecular flexibility index (Phi) is 4.38. The van der Waals surface area contributed by atoms with Gasteiger partial charge < -0.3 is 13.7 Å². The summed E-state index contributed by atoms with van der Waals surface area (Å²) in [5.74, 6) is 0.799. The lowest BCUT2D eigenvalue weighted by Crippen LogP contribution is -2.25. The van der Waals surface area contributed by atoms with Crippen LogP contribution in [0.25, 0.3) is 16.6 Å². The highest BCUT2D eigenvalue weighted by molar-refractivity contribution is 6.32. The van der Waals surface area contributed by atoms with Gasteiger partial charge in [0.15, 0.2) is 0 Å². The standard InChI is InChI=1S/C23H21ClN2O2/c1-16-2-3-22-18(10-16)4-6-26(22)20-11-19-14-25(13-17-5-8-27-15-17)7-9-28-23(19)21(24)12-20/h2-6,8,10-12,15H,7,9,13-14H2,1H3. The second-order valence-electron chi connectivity index (χ2n) is 7.35. The molecule has 0 N–H and O–H groups in total. The van der Waals surface area contributed by atoms with Gasteiger partial charge in [-0.2, -0.15) is 0 Å². The monoisotopic (exact) mass is 392 g/mol. The molecule has 0 saturated heterocycles. The maximum atomic E-state index is 6.63. The van der Waals surface area contributed by atoms with Gasteiger partial charge in [-0.05, 0) is 43.3 Å². The first kappa shape index (κ1) is 17.4. The van der Waals surface area contributed by atoms with Crippen LogP contribution in [0.4, 0.5) is 0 Å². The fourth-order valence-corrected chi connectivity index (χ4v) is 4.20. The molecule has 0 unspecified atom stereocenters. The molecule has 4 nitrogen and oxygen atoms in total. The van der Waals surface area contributed by atoms with Gasteiger partial charge in [0, 0.05) is 48.0 Å². The second kappa shape index (κ2) is 7.04. The van der Waals surface area contributed by atoms with Crippen LogP contribution in [0.15, 0.2) is 65.6 Å². The Morgan fingerprint density at radius 3 is 2.89 bits per heavy atom. The predicted octanol–water partition coefficient (Wildman–Crippen LogP) is 5.58. The fourth-order valence-electron chi connectivity index (χ4n) is 3.91. The van der Waals surface area contributed by atoms with Crippen molar-refractivity contribution in [3.63, 3.8) is 0 Å². The number of aromatic nitrogens is 1. The summed E-state index contributed by atoms with van der Waals surface area (Å²) in [6.07, 6.45) is 5.61. The molecule has 0 amide bonds. The van der Waals surface area contributed by atoms with E-state index in [0.717, 1.165) is 42.2 Å². The number of halogens is 1. The van der Waals surface area contributed by atoms with Crippen LogP contribution in [0.5, 0.6) is 5.75 Å². The molecular formula is C23H21ClN2O2. The van der Waals surface area contributed by atoms with Crippen molar-refractivity contribution in [3.05, 3.63) is 82.9 Å². The zero-order valence-corrected chi connectivity index (χ0v) is 16.4. The smallest absolute Gasteiger partial charge is 0.142 e. The summed E-state index contributed by atoms with van der Waals surface area (Å²) in [6.45, 7) is 5.19. The maximum Gasteiger partial charge on any atom is 0.142 e. The van der Waals surface area contributed by atoms with Crippen molar-refractivity contribution >= 4 is 22.5 Å². The van der Waals surface area contributed by atoms with Gasteiger partial charge in [0.1, 0.15) is 12.4 Å². The molecule has 0 fully saturated rings. The van der Waals surface area contributed by atoms with Gasteiger partial charge in [-0.3, -0.25) is 4.90 Å². The molecule has 0 spiro atoms. The van der Waals surface area contributed by atoms with E-state index in [2.05, 4.69) is 52.9 Å². The zero-order chi connectivity index (χ0) is 19.1. The minimum Gasteiger partial charge on any atom is -0.490 e. The first-order valence-corrected chi connectivity index (χ1v) is 9.82. The van der Waals surface area contributed by atoms with E-state index in [-0.39, 0.29) is 0 Å². The third-order valence-corrected chi connectivity index (χ3v) is 5.54. The van der Waals surface area contributed by atoms with Gasteiger partial charge in [-0.15, -0.1) is 0 Å². The Morgan fingerprint density at radius 1 is 1.11 bits per heavy atom. The Labute approximate surface area is 168 Å². The van der Waals surface area contributed by atoms with Gasteiger partial charge >= 0.3 is 0 Å². The SMILES string of the molecule is Cc1ccc2c(ccn2-c2cc(Cl)c3c(c2)CN(Cc2ccoc2)CCO3)c1.